The fraction of sp³-hybridized carbons (Fsp3) is 0.524. The van der Waals surface area contributed by atoms with Gasteiger partial charge in [0.25, 0.3) is 0 Å². The van der Waals surface area contributed by atoms with E-state index in [9.17, 15) is 4.79 Å². The van der Waals surface area contributed by atoms with Gasteiger partial charge >= 0.3 is 0 Å². The minimum absolute atomic E-state index is 0.266. The summed E-state index contributed by atoms with van der Waals surface area (Å²) in [4.78, 5) is 30.8. The third kappa shape index (κ3) is 2.69. The number of nitrogens with zero attached hydrogens (tertiary/aromatic N) is 5. The Kier molecular flexibility index (Phi) is 3.71. The molecule has 2 aromatic rings. The molecule has 140 valence electrons. The maximum atomic E-state index is 13.0. The van der Waals surface area contributed by atoms with Crippen LogP contribution in [0.3, 0.4) is 0 Å². The first-order chi connectivity index (χ1) is 13.1. The van der Waals surface area contributed by atoms with E-state index in [1.165, 1.54) is 24.8 Å². The number of carbonyl (C=O) groups excluding carboxylic acids is 1. The molecule has 2 aromatic heterocycles. The van der Waals surface area contributed by atoms with E-state index in [-0.39, 0.29) is 5.92 Å². The average Bonchev–Trinajstić information content (AvgIpc) is 3.43. The zero-order valence-electron chi connectivity index (χ0n) is 16.0. The van der Waals surface area contributed by atoms with Crippen molar-refractivity contribution in [1.82, 2.24) is 19.9 Å². The maximum Gasteiger partial charge on any atom is 0.226 e. The largest absolute Gasteiger partial charge is 0.362 e. The molecule has 1 amide bonds. The van der Waals surface area contributed by atoms with E-state index in [1.54, 1.807) is 12.4 Å². The first-order valence-electron chi connectivity index (χ1n) is 9.84. The van der Waals surface area contributed by atoms with Gasteiger partial charge in [-0.05, 0) is 43.2 Å². The molecule has 6 heteroatoms. The van der Waals surface area contributed by atoms with Crippen molar-refractivity contribution in [3.8, 4) is 11.4 Å². The van der Waals surface area contributed by atoms with E-state index in [0.717, 1.165) is 36.5 Å². The Bertz CT molecular complexity index is 891. The van der Waals surface area contributed by atoms with Gasteiger partial charge in [0.05, 0.1) is 12.2 Å². The number of amides is 1. The second-order valence-corrected chi connectivity index (χ2v) is 8.41. The van der Waals surface area contributed by atoms with E-state index in [4.69, 9.17) is 9.97 Å². The lowest BCUT2D eigenvalue weighted by Gasteiger charge is -2.33. The minimum Gasteiger partial charge on any atom is -0.362 e. The highest BCUT2D eigenvalue weighted by molar-refractivity contribution is 5.83. The molecule has 6 nitrogen and oxygen atoms in total. The van der Waals surface area contributed by atoms with Crippen molar-refractivity contribution in [3.63, 3.8) is 0 Å². The first kappa shape index (κ1) is 16.7. The second-order valence-electron chi connectivity index (χ2n) is 8.41. The van der Waals surface area contributed by atoms with Gasteiger partial charge in [-0.2, -0.15) is 0 Å². The number of pyridine rings is 1. The number of anilines is 1. The highest BCUT2D eigenvalue weighted by atomic mass is 16.2. The number of carbonyl (C=O) groups is 1. The van der Waals surface area contributed by atoms with E-state index < -0.39 is 0 Å². The lowest BCUT2D eigenvalue weighted by molar-refractivity contribution is -0.135. The van der Waals surface area contributed by atoms with Gasteiger partial charge in [-0.1, -0.05) is 6.42 Å². The Morgan fingerprint density at radius 3 is 2.63 bits per heavy atom. The van der Waals surface area contributed by atoms with Gasteiger partial charge < -0.3 is 9.80 Å². The summed E-state index contributed by atoms with van der Waals surface area (Å²) in [5.74, 6) is 2.27. The summed E-state index contributed by atoms with van der Waals surface area (Å²) >= 11 is 0. The first-order valence-corrected chi connectivity index (χ1v) is 9.84. The van der Waals surface area contributed by atoms with E-state index in [1.807, 2.05) is 36.0 Å². The van der Waals surface area contributed by atoms with Crippen molar-refractivity contribution in [2.75, 3.05) is 25.5 Å². The Hall–Kier alpha value is -2.50. The minimum atomic E-state index is 0.266. The molecule has 3 heterocycles. The zero-order valence-corrected chi connectivity index (χ0v) is 16.0. The van der Waals surface area contributed by atoms with Gasteiger partial charge in [-0.3, -0.25) is 9.78 Å². The molecule has 1 aliphatic heterocycles. The number of hydrogen-bond acceptors (Lipinski definition) is 5. The van der Waals surface area contributed by atoms with Crippen LogP contribution in [0.25, 0.3) is 11.4 Å². The lowest BCUT2D eigenvalue weighted by Crippen LogP contribution is -2.39. The van der Waals surface area contributed by atoms with Crippen LogP contribution in [-0.4, -0.2) is 46.4 Å². The van der Waals surface area contributed by atoms with E-state index >= 15 is 0 Å². The van der Waals surface area contributed by atoms with Gasteiger partial charge in [-0.25, -0.2) is 9.97 Å². The smallest absolute Gasteiger partial charge is 0.226 e. The number of hydrogen-bond donors (Lipinski definition) is 0. The fourth-order valence-electron chi connectivity index (χ4n) is 4.70. The molecular weight excluding hydrogens is 338 g/mol. The molecule has 0 radical (unpaired) electrons. The zero-order chi connectivity index (χ0) is 18.6. The Morgan fingerprint density at radius 1 is 1.22 bits per heavy atom. The van der Waals surface area contributed by atoms with Crippen molar-refractivity contribution in [1.29, 1.82) is 0 Å². The number of fused-ring (bicyclic) bond motifs is 1. The van der Waals surface area contributed by atoms with Crippen LogP contribution in [0.4, 0.5) is 5.82 Å². The lowest BCUT2D eigenvalue weighted by atomic mass is 9.79. The summed E-state index contributed by atoms with van der Waals surface area (Å²) in [6.07, 6.45) is 9.22. The van der Waals surface area contributed by atoms with Crippen molar-refractivity contribution in [2.24, 2.45) is 11.3 Å². The second kappa shape index (κ2) is 6.01. The third-order valence-electron chi connectivity index (χ3n) is 6.55. The molecule has 27 heavy (non-hydrogen) atoms. The van der Waals surface area contributed by atoms with Crippen molar-refractivity contribution >= 4 is 11.7 Å². The molecule has 2 aliphatic carbocycles. The van der Waals surface area contributed by atoms with Crippen LogP contribution in [0.1, 0.15) is 36.9 Å². The summed E-state index contributed by atoms with van der Waals surface area (Å²) < 4.78 is 0. The fourth-order valence-corrected chi connectivity index (χ4v) is 4.70. The van der Waals surface area contributed by atoms with Gasteiger partial charge in [0.2, 0.25) is 5.91 Å². The molecule has 0 saturated heterocycles. The van der Waals surface area contributed by atoms with Gasteiger partial charge in [0.15, 0.2) is 5.82 Å². The third-order valence-corrected chi connectivity index (χ3v) is 6.55. The number of rotatable bonds is 3. The molecular formula is C21H25N5O. The summed E-state index contributed by atoms with van der Waals surface area (Å²) in [6.45, 7) is 1.37. The summed E-state index contributed by atoms with van der Waals surface area (Å²) in [7, 11) is 4.03. The maximum absolute atomic E-state index is 13.0. The molecule has 1 spiro atoms. The topological polar surface area (TPSA) is 62.2 Å². The Balaban J connectivity index is 1.46. The average molecular weight is 363 g/mol. The molecule has 0 bridgehead atoms. The van der Waals surface area contributed by atoms with Crippen LogP contribution in [-0.2, 0) is 17.8 Å². The summed E-state index contributed by atoms with van der Waals surface area (Å²) in [5.41, 5.74) is 3.49. The normalized spacial score (nSPS) is 22.1. The standard InChI is InChI=1S/C21H25N5O/c1-25(2)19-15-6-11-26(20(27)16-12-21(16)7-3-8-21)13-17(15)23-18(24-19)14-4-9-22-10-5-14/h4-5,9-10,16H,3,6-8,11-13H2,1-2H3/t16-/m1/s1. The Labute approximate surface area is 159 Å². The van der Waals surface area contributed by atoms with Crippen molar-refractivity contribution < 1.29 is 4.79 Å². The van der Waals surface area contributed by atoms with Crippen LogP contribution in [0, 0.1) is 11.3 Å². The highest BCUT2D eigenvalue weighted by Crippen LogP contribution is 2.66. The molecule has 5 rings (SSSR count). The van der Waals surface area contributed by atoms with Gasteiger partial charge in [-0.15, -0.1) is 0 Å². The molecule has 0 N–H and O–H groups in total. The van der Waals surface area contributed by atoms with Crippen LogP contribution >= 0.6 is 0 Å². The van der Waals surface area contributed by atoms with E-state index in [2.05, 4.69) is 4.98 Å². The summed E-state index contributed by atoms with van der Waals surface area (Å²) in [6, 6.07) is 3.86. The van der Waals surface area contributed by atoms with Gasteiger partial charge in [0, 0.05) is 50.1 Å². The molecule has 0 aromatic carbocycles. The summed E-state index contributed by atoms with van der Waals surface area (Å²) in [5, 5.41) is 0. The monoisotopic (exact) mass is 363 g/mol. The van der Waals surface area contributed by atoms with Crippen LogP contribution < -0.4 is 4.90 Å². The van der Waals surface area contributed by atoms with Crippen molar-refractivity contribution in [3.05, 3.63) is 35.8 Å². The van der Waals surface area contributed by atoms with Crippen molar-refractivity contribution in [2.45, 2.75) is 38.6 Å². The molecule has 0 unspecified atom stereocenters. The van der Waals surface area contributed by atoms with Crippen LogP contribution in [0.2, 0.25) is 0 Å². The molecule has 2 fully saturated rings. The highest BCUT2D eigenvalue weighted by Gasteiger charge is 2.61. The number of aromatic nitrogens is 3. The Morgan fingerprint density at radius 2 is 2.00 bits per heavy atom. The molecule has 1 atom stereocenters. The van der Waals surface area contributed by atoms with Gasteiger partial charge in [0.1, 0.15) is 5.82 Å². The van der Waals surface area contributed by atoms with Crippen LogP contribution in [0.5, 0.6) is 0 Å². The van der Waals surface area contributed by atoms with E-state index in [0.29, 0.717) is 23.7 Å². The predicted molar refractivity (Wildman–Crippen MR) is 103 cm³/mol. The molecule has 3 aliphatic rings. The SMILES string of the molecule is CN(C)c1nc(-c2ccncc2)nc2c1CCN(C(=O)[C@H]1CC13CCC3)C2. The quantitative estimate of drug-likeness (QED) is 0.839. The van der Waals surface area contributed by atoms with Crippen LogP contribution in [0.15, 0.2) is 24.5 Å². The predicted octanol–water partition coefficient (Wildman–Crippen LogP) is 2.68. The molecule has 2 saturated carbocycles.